The number of hydrogen-bond donors (Lipinski definition) is 0. The molecule has 144 heavy (non-hydrogen) atoms. The predicted octanol–water partition coefficient (Wildman–Crippen LogP) is 24.7. The van der Waals surface area contributed by atoms with Gasteiger partial charge >= 0.3 is 71.6 Å². The van der Waals surface area contributed by atoms with Crippen molar-refractivity contribution in [1.82, 2.24) is 0 Å². The Morgan fingerprint density at radius 1 is 0.285 bits per heavy atom. The molecule has 0 aromatic carbocycles. The first kappa shape index (κ1) is 115. The Labute approximate surface area is 864 Å². The van der Waals surface area contributed by atoms with Gasteiger partial charge in [0, 0.05) is 12.3 Å². The van der Waals surface area contributed by atoms with Gasteiger partial charge in [0.05, 0.1) is 39.1 Å². The summed E-state index contributed by atoms with van der Waals surface area (Å²) in [4.78, 5) is 147. The summed E-state index contributed by atoms with van der Waals surface area (Å²) in [7, 11) is 0. The Morgan fingerprint density at radius 2 is 0.597 bits per heavy atom. The second-order valence-electron chi connectivity index (χ2n) is 54.7. The van der Waals surface area contributed by atoms with Crippen LogP contribution < -0.4 is 0 Å². The van der Waals surface area contributed by atoms with Gasteiger partial charge in [-0.3, -0.25) is 33.6 Å². The maximum Gasteiger partial charge on any atom is 0.350 e. The van der Waals surface area contributed by atoms with Crippen molar-refractivity contribution in [2.75, 3.05) is 26.4 Å². The summed E-state index contributed by atoms with van der Waals surface area (Å²) in [5.41, 5.74) is -6.48. The standard InChI is InChI=1S/C22H34O4.2C21H34O4.C20H32O4.C19H30O4.C17H28O4/c1-5-21(3,4)20(24)25-12-17(23)26-22(6-2)11-15-10-16(22)19-14-8-7-13(9-14)18(15)19;1-7-19(2,3)17(22)24-20(4,5)18(23)25-21(6)15-9-13-8-14(11-15)12-16(21)10-13;1-5-20(2,3)19(23)24-8-6-7-18(22)25-21(4)16-10-14-9-15(12-16)13-17(21)11-14;1-6-19(3,4)18(22)23-12(2)17(21)24-20(5)15-8-13-7-14(10-15)11-16(20)9-13;1-5-18(2,3)17(21)22-11-16(20)23-19(4)14-7-12-6-13(9-14)10-15(19)8-12;1-5-16(3,4)15(19)20-11-14(18)21-17(6-2)10-12-7-8-13(17)9-12/h13-16,18-19H,5-12H2,1-4H3;13-16H,7-12H2,1-6H3;14-17H,5-13H2,1-4H3;12-16H,6-11H2,1-5H3;12-15H,5-11H2,1-4H3;12-13H,5-11H2,1-4H3. The van der Waals surface area contributed by atoms with Gasteiger partial charge in [-0.2, -0.15) is 0 Å². The third-order valence-corrected chi connectivity index (χ3v) is 42.8. The van der Waals surface area contributed by atoms with Crippen LogP contribution in [-0.4, -0.2) is 143 Å². The van der Waals surface area contributed by atoms with E-state index in [1.165, 1.54) is 167 Å². The molecule has 0 amide bonds. The highest BCUT2D eigenvalue weighted by Crippen LogP contribution is 2.72. The average molecular weight is 2020 g/mol. The van der Waals surface area contributed by atoms with Crippen molar-refractivity contribution < 1.29 is 114 Å². The summed E-state index contributed by atoms with van der Waals surface area (Å²) in [6.45, 7) is 51.0. The molecule has 816 valence electrons. The van der Waals surface area contributed by atoms with Crippen LogP contribution in [0.3, 0.4) is 0 Å². The van der Waals surface area contributed by atoms with Crippen molar-refractivity contribution in [3.8, 4) is 0 Å². The van der Waals surface area contributed by atoms with E-state index in [9.17, 15) is 57.5 Å². The second kappa shape index (κ2) is 44.5. The Balaban J connectivity index is 0.000000145. The number of fused-ring (bicyclic) bond motifs is 11. The van der Waals surface area contributed by atoms with Crippen molar-refractivity contribution in [1.29, 1.82) is 0 Å². The fourth-order valence-electron chi connectivity index (χ4n) is 31.4. The van der Waals surface area contributed by atoms with Gasteiger partial charge < -0.3 is 56.8 Å². The van der Waals surface area contributed by atoms with Crippen LogP contribution in [0.15, 0.2) is 0 Å². The van der Waals surface area contributed by atoms with Crippen molar-refractivity contribution >= 4 is 71.6 Å². The van der Waals surface area contributed by atoms with Crippen LogP contribution in [0.25, 0.3) is 0 Å². The van der Waals surface area contributed by atoms with Gasteiger partial charge in [-0.05, 0) is 512 Å². The first-order valence-corrected chi connectivity index (χ1v) is 57.7. The van der Waals surface area contributed by atoms with Gasteiger partial charge in [-0.15, -0.1) is 0 Å². The zero-order chi connectivity index (χ0) is 106. The molecule has 24 nitrogen and oxygen atoms in total. The Bertz CT molecular complexity index is 4440. The molecule has 22 fully saturated rings. The highest BCUT2D eigenvalue weighted by molar-refractivity contribution is 5.86. The summed E-state index contributed by atoms with van der Waals surface area (Å²) < 4.78 is 67.7. The largest absolute Gasteiger partial charge is 0.465 e. The van der Waals surface area contributed by atoms with Crippen molar-refractivity contribution in [2.24, 2.45) is 175 Å². The lowest BCUT2D eigenvalue weighted by atomic mass is 9.50. The fourth-order valence-corrected chi connectivity index (χ4v) is 31.4. The minimum Gasteiger partial charge on any atom is -0.465 e. The third kappa shape index (κ3) is 24.5. The smallest absolute Gasteiger partial charge is 0.350 e. The summed E-state index contributed by atoms with van der Waals surface area (Å²) in [6, 6.07) is 0. The number of hydrogen-bond acceptors (Lipinski definition) is 24. The minimum absolute atomic E-state index is 0.124. The summed E-state index contributed by atoms with van der Waals surface area (Å²) in [5.74, 6) is 12.8. The van der Waals surface area contributed by atoms with Gasteiger partial charge in [-0.1, -0.05) is 55.4 Å². The van der Waals surface area contributed by atoms with E-state index in [1.807, 2.05) is 125 Å². The van der Waals surface area contributed by atoms with Crippen LogP contribution in [-0.2, 0) is 114 Å². The van der Waals surface area contributed by atoms with E-state index in [4.69, 9.17) is 56.8 Å². The second-order valence-corrected chi connectivity index (χ2v) is 54.7. The van der Waals surface area contributed by atoms with E-state index >= 15 is 0 Å². The molecule has 22 rings (SSSR count). The molecule has 0 heterocycles. The molecule has 0 N–H and O–H groups in total. The number of ether oxygens (including phenoxy) is 12. The topological polar surface area (TPSA) is 316 Å². The molecule has 22 aliphatic carbocycles. The third-order valence-electron chi connectivity index (χ3n) is 42.8. The SMILES string of the molecule is CCC(C)(C)C(=O)OC(C)(C)C(=O)OC1(C)C2CC3CC(C2)CC1C3.CCC(C)(C)C(=O)OC(C)C(=O)OC1(C)C2CC3CC(C2)CC1C3.CCC(C)(C)C(=O)OCC(=O)OC1(C)C2CC3CC(C2)CC1C3.CCC(C)(C)C(=O)OCC(=O)OC1(CC)CC2CC1C1C3CCC(C3)C21.CCC(C)(C)C(=O)OCC(=O)OC1(CC)CC2CCC1C2.CCC(C)(C)C(=O)OCCCC(=O)OC1(C)C2CC3CC(C2)CC1C3. The van der Waals surface area contributed by atoms with Gasteiger partial charge in [0.1, 0.15) is 33.6 Å². The maximum atomic E-state index is 12.9. The van der Waals surface area contributed by atoms with Crippen LogP contribution in [0.4, 0.5) is 0 Å². The maximum absolute atomic E-state index is 12.9. The normalized spacial score (nSPS) is 37.6. The van der Waals surface area contributed by atoms with Crippen LogP contribution in [0.2, 0.25) is 0 Å². The van der Waals surface area contributed by atoms with Crippen molar-refractivity contribution in [3.63, 3.8) is 0 Å². The lowest BCUT2D eigenvalue weighted by Crippen LogP contribution is -2.59. The quantitative estimate of drug-likeness (QED) is 0.0250. The molecule has 22 bridgehead atoms. The number of rotatable bonds is 34. The van der Waals surface area contributed by atoms with E-state index in [-0.39, 0.29) is 108 Å². The minimum atomic E-state index is -1.25. The number of carbonyl (C=O) groups excluding carboxylic acids is 12. The van der Waals surface area contributed by atoms with Gasteiger partial charge in [-0.25, -0.2) is 24.0 Å². The molecular formula is C120H192O24. The van der Waals surface area contributed by atoms with Crippen molar-refractivity contribution in [3.05, 3.63) is 0 Å². The highest BCUT2D eigenvalue weighted by atomic mass is 16.6. The Morgan fingerprint density at radius 3 is 0.944 bits per heavy atom. The molecule has 0 aliphatic heterocycles. The first-order valence-electron chi connectivity index (χ1n) is 57.7. The van der Waals surface area contributed by atoms with Gasteiger partial charge in [0.2, 0.25) is 5.60 Å². The Kier molecular flexibility index (Phi) is 35.5. The lowest BCUT2D eigenvalue weighted by molar-refractivity contribution is -0.221. The molecule has 22 saturated carbocycles. The monoisotopic (exact) mass is 2020 g/mol. The average Bonchev–Trinajstić information content (AvgIpc) is 1.53. The first-order chi connectivity index (χ1) is 67.2. The Hall–Kier alpha value is -6.36. The zero-order valence-electron chi connectivity index (χ0n) is 94.1. The summed E-state index contributed by atoms with van der Waals surface area (Å²) in [6.07, 6.45) is 41.7. The van der Waals surface area contributed by atoms with Crippen LogP contribution >= 0.6 is 0 Å². The summed E-state index contributed by atoms with van der Waals surface area (Å²) >= 11 is 0. The van der Waals surface area contributed by atoms with E-state index in [0.717, 1.165) is 115 Å². The molecule has 0 saturated heterocycles. The zero-order valence-corrected chi connectivity index (χ0v) is 94.1. The molecular weight excluding hydrogens is 1830 g/mol. The molecule has 11 unspecified atom stereocenters. The molecule has 24 heteroatoms. The van der Waals surface area contributed by atoms with Crippen LogP contribution in [0, 0.1) is 175 Å². The highest BCUT2D eigenvalue weighted by Gasteiger charge is 2.69. The predicted molar refractivity (Wildman–Crippen MR) is 547 cm³/mol. The van der Waals surface area contributed by atoms with E-state index in [1.54, 1.807) is 20.8 Å². The lowest BCUT2D eigenvalue weighted by Gasteiger charge is -2.59. The van der Waals surface area contributed by atoms with Crippen LogP contribution in [0.5, 0.6) is 0 Å². The molecule has 11 atom stereocenters. The van der Waals surface area contributed by atoms with Crippen LogP contribution in [0.1, 0.15) is 437 Å². The van der Waals surface area contributed by atoms with E-state index in [2.05, 4.69) is 41.5 Å². The number of carbonyl (C=O) groups is 12. The molecule has 22 aliphatic rings. The number of esters is 12. The van der Waals surface area contributed by atoms with E-state index < -0.39 is 61.7 Å². The molecule has 0 aromatic rings. The fraction of sp³-hybridized carbons (Fsp3) is 0.900. The van der Waals surface area contributed by atoms with Crippen molar-refractivity contribution in [2.45, 2.75) is 483 Å². The van der Waals surface area contributed by atoms with E-state index in [0.29, 0.717) is 117 Å². The molecule has 0 radical (unpaired) electrons. The van der Waals surface area contributed by atoms with Gasteiger partial charge in [0.25, 0.3) is 0 Å². The molecule has 0 spiro atoms. The van der Waals surface area contributed by atoms with Gasteiger partial charge in [0.15, 0.2) is 25.9 Å². The molecule has 0 aromatic heterocycles. The summed E-state index contributed by atoms with van der Waals surface area (Å²) in [5, 5.41) is 0.